The number of aryl methyl sites for hydroxylation is 4. The summed E-state index contributed by atoms with van der Waals surface area (Å²) in [6.45, 7) is 10.3. The van der Waals surface area contributed by atoms with Gasteiger partial charge in [0.1, 0.15) is 6.29 Å². The van der Waals surface area contributed by atoms with E-state index in [-0.39, 0.29) is 5.97 Å². The van der Waals surface area contributed by atoms with Gasteiger partial charge < -0.3 is 4.74 Å². The summed E-state index contributed by atoms with van der Waals surface area (Å²) in [5.74, 6) is -0.295. The van der Waals surface area contributed by atoms with Gasteiger partial charge in [0, 0.05) is 11.6 Å². The molecule has 2 aromatic carbocycles. The Labute approximate surface area is 150 Å². The van der Waals surface area contributed by atoms with Crippen molar-refractivity contribution in [3.8, 4) is 0 Å². The minimum Gasteiger partial charge on any atom is -0.463 e. The molecule has 0 spiro atoms. The van der Waals surface area contributed by atoms with Crippen LogP contribution in [0.4, 0.5) is 0 Å². The lowest BCUT2D eigenvalue weighted by Gasteiger charge is -2.00. The molecule has 3 nitrogen and oxygen atoms in total. The number of hydrogen-bond acceptors (Lipinski definition) is 3. The lowest BCUT2D eigenvalue weighted by atomic mass is 10.1. The third-order valence-electron chi connectivity index (χ3n) is 3.32. The normalized spacial score (nSPS) is 10.1. The van der Waals surface area contributed by atoms with Gasteiger partial charge in [-0.25, -0.2) is 4.79 Å². The Morgan fingerprint density at radius 3 is 1.68 bits per heavy atom. The molecule has 0 amide bonds. The molecule has 0 aliphatic carbocycles. The maximum absolute atomic E-state index is 11.1. The van der Waals surface area contributed by atoms with Crippen LogP contribution in [0.3, 0.4) is 0 Å². The molecule has 0 aromatic heterocycles. The van der Waals surface area contributed by atoms with E-state index in [1.807, 2.05) is 58.0 Å². The number of ether oxygens (including phenoxy) is 1. The number of rotatable bonds is 4. The highest BCUT2D eigenvalue weighted by Gasteiger charge is 1.95. The summed E-state index contributed by atoms with van der Waals surface area (Å²) in [5.41, 5.74) is 6.46. The lowest BCUT2D eigenvalue weighted by molar-refractivity contribution is -0.137. The first-order valence-electron chi connectivity index (χ1n) is 8.30. The van der Waals surface area contributed by atoms with Crippen LogP contribution in [0.25, 0.3) is 6.08 Å². The molecule has 0 aliphatic heterocycles. The molecule has 0 atom stereocenters. The summed E-state index contributed by atoms with van der Waals surface area (Å²) >= 11 is 0. The highest BCUT2D eigenvalue weighted by Crippen LogP contribution is 2.10. The zero-order valence-electron chi connectivity index (χ0n) is 15.6. The Bertz CT molecular complexity index is 717. The molecular weight excluding hydrogens is 312 g/mol. The lowest BCUT2D eigenvalue weighted by Crippen LogP contribution is -1.98. The Hall–Kier alpha value is -2.68. The number of esters is 1. The maximum Gasteiger partial charge on any atom is 0.330 e. The van der Waals surface area contributed by atoms with E-state index in [4.69, 9.17) is 4.74 Å². The van der Waals surface area contributed by atoms with Gasteiger partial charge in [0.2, 0.25) is 0 Å². The van der Waals surface area contributed by atoms with Crippen molar-refractivity contribution in [2.45, 2.75) is 34.6 Å². The second-order valence-electron chi connectivity index (χ2n) is 6.05. The van der Waals surface area contributed by atoms with Gasteiger partial charge in [0.25, 0.3) is 0 Å². The molecule has 0 heterocycles. The minimum atomic E-state index is -0.295. The van der Waals surface area contributed by atoms with Gasteiger partial charge in [-0.3, -0.25) is 4.79 Å². The van der Waals surface area contributed by atoms with Crippen LogP contribution < -0.4 is 0 Å². The molecule has 25 heavy (non-hydrogen) atoms. The monoisotopic (exact) mass is 338 g/mol. The molecule has 0 unspecified atom stereocenters. The Morgan fingerprint density at radius 1 is 0.840 bits per heavy atom. The number of aldehydes is 1. The van der Waals surface area contributed by atoms with Crippen molar-refractivity contribution in [2.24, 2.45) is 0 Å². The van der Waals surface area contributed by atoms with Gasteiger partial charge in [-0.1, -0.05) is 46.5 Å². The van der Waals surface area contributed by atoms with Gasteiger partial charge in [0.15, 0.2) is 0 Å². The van der Waals surface area contributed by atoms with Crippen LogP contribution >= 0.6 is 0 Å². The summed E-state index contributed by atoms with van der Waals surface area (Å²) in [5, 5.41) is 0. The van der Waals surface area contributed by atoms with Crippen molar-refractivity contribution in [3.63, 3.8) is 0 Å². The molecule has 0 bridgehead atoms. The molecule has 0 N–H and O–H groups in total. The summed E-state index contributed by atoms with van der Waals surface area (Å²) in [6, 6.07) is 12.0. The molecule has 3 heteroatoms. The van der Waals surface area contributed by atoms with Crippen LogP contribution in [-0.2, 0) is 9.53 Å². The molecule has 132 valence electrons. The number of benzene rings is 2. The quantitative estimate of drug-likeness (QED) is 0.448. The van der Waals surface area contributed by atoms with Crippen LogP contribution in [0.1, 0.15) is 45.1 Å². The van der Waals surface area contributed by atoms with Crippen molar-refractivity contribution in [2.75, 3.05) is 6.61 Å². The second kappa shape index (κ2) is 10.2. The molecule has 0 saturated carbocycles. The van der Waals surface area contributed by atoms with Gasteiger partial charge in [-0.2, -0.15) is 0 Å². The zero-order chi connectivity index (χ0) is 18.8. The van der Waals surface area contributed by atoms with Crippen molar-refractivity contribution < 1.29 is 14.3 Å². The van der Waals surface area contributed by atoms with E-state index in [1.54, 1.807) is 13.0 Å². The van der Waals surface area contributed by atoms with Gasteiger partial charge >= 0.3 is 5.97 Å². The molecule has 2 aromatic rings. The third-order valence-corrected chi connectivity index (χ3v) is 3.32. The Balaban J connectivity index is 0.000000271. The smallest absolute Gasteiger partial charge is 0.330 e. The maximum atomic E-state index is 11.1. The molecule has 0 aliphatic rings. The molecular formula is C22H26O3. The highest BCUT2D eigenvalue weighted by molar-refractivity contribution is 5.87. The molecule has 0 saturated heterocycles. The second-order valence-corrected chi connectivity index (χ2v) is 6.05. The van der Waals surface area contributed by atoms with E-state index in [9.17, 15) is 9.59 Å². The van der Waals surface area contributed by atoms with Crippen LogP contribution in [0.5, 0.6) is 0 Å². The summed E-state index contributed by atoms with van der Waals surface area (Å²) in [4.78, 5) is 21.4. The van der Waals surface area contributed by atoms with Crippen LogP contribution in [0.2, 0.25) is 0 Å². The van der Waals surface area contributed by atoms with E-state index < -0.39 is 0 Å². The predicted octanol–water partition coefficient (Wildman–Crippen LogP) is 5.00. The van der Waals surface area contributed by atoms with E-state index in [0.717, 1.165) is 28.5 Å². The topological polar surface area (TPSA) is 43.4 Å². The number of carbonyl (C=O) groups excluding carboxylic acids is 2. The van der Waals surface area contributed by atoms with Gasteiger partial charge in [-0.15, -0.1) is 0 Å². The van der Waals surface area contributed by atoms with Crippen LogP contribution in [0.15, 0.2) is 42.5 Å². The van der Waals surface area contributed by atoms with E-state index in [2.05, 4.69) is 6.07 Å². The van der Waals surface area contributed by atoms with E-state index in [1.165, 1.54) is 17.2 Å². The summed E-state index contributed by atoms with van der Waals surface area (Å²) < 4.78 is 4.80. The van der Waals surface area contributed by atoms with Crippen LogP contribution in [-0.4, -0.2) is 18.9 Å². The largest absolute Gasteiger partial charge is 0.463 e. The van der Waals surface area contributed by atoms with Crippen molar-refractivity contribution in [1.29, 1.82) is 0 Å². The first-order chi connectivity index (χ1) is 11.8. The fourth-order valence-electron chi connectivity index (χ4n) is 2.54. The number of carbonyl (C=O) groups is 2. The first kappa shape index (κ1) is 20.4. The average Bonchev–Trinajstić information content (AvgIpc) is 2.52. The summed E-state index contributed by atoms with van der Waals surface area (Å²) in [6.07, 6.45) is 4.11. The SMILES string of the molecule is CCOC(=O)C=Cc1cc(C)cc(C)c1.Cc1cc(C)cc(C=O)c1. The average molecular weight is 338 g/mol. The first-order valence-corrected chi connectivity index (χ1v) is 8.30. The van der Waals surface area contributed by atoms with Crippen molar-refractivity contribution >= 4 is 18.3 Å². The fraction of sp³-hybridized carbons (Fsp3) is 0.273. The van der Waals surface area contributed by atoms with E-state index in [0.29, 0.717) is 6.61 Å². The third kappa shape index (κ3) is 8.11. The standard InChI is InChI=1S/C13H16O2.C9H10O/c1-4-15-13(14)6-5-12-8-10(2)7-11(3)9-12;1-7-3-8(2)5-9(4-7)6-10/h5-9H,4H2,1-3H3;3-6H,1-2H3. The van der Waals surface area contributed by atoms with Gasteiger partial charge in [-0.05, 0) is 58.4 Å². The summed E-state index contributed by atoms with van der Waals surface area (Å²) in [7, 11) is 0. The van der Waals surface area contributed by atoms with Gasteiger partial charge in [0.05, 0.1) is 6.61 Å². The Kier molecular flexibility index (Phi) is 8.34. The predicted molar refractivity (Wildman–Crippen MR) is 103 cm³/mol. The fourth-order valence-corrected chi connectivity index (χ4v) is 2.54. The van der Waals surface area contributed by atoms with Crippen molar-refractivity contribution in [3.05, 3.63) is 75.9 Å². The minimum absolute atomic E-state index is 0.295. The highest BCUT2D eigenvalue weighted by atomic mass is 16.5. The van der Waals surface area contributed by atoms with Crippen LogP contribution in [0, 0.1) is 27.7 Å². The Morgan fingerprint density at radius 2 is 1.28 bits per heavy atom. The van der Waals surface area contributed by atoms with E-state index >= 15 is 0 Å². The molecule has 2 rings (SSSR count). The molecule has 0 fully saturated rings. The van der Waals surface area contributed by atoms with Crippen molar-refractivity contribution in [1.82, 2.24) is 0 Å². The number of hydrogen-bond donors (Lipinski definition) is 0. The zero-order valence-corrected chi connectivity index (χ0v) is 15.6. The molecule has 0 radical (unpaired) electrons.